The van der Waals surface area contributed by atoms with Crippen molar-refractivity contribution in [2.24, 2.45) is 0 Å². The van der Waals surface area contributed by atoms with E-state index in [9.17, 15) is 13.2 Å². The summed E-state index contributed by atoms with van der Waals surface area (Å²) >= 11 is 7.51. The molecule has 0 spiro atoms. The highest BCUT2D eigenvalue weighted by Crippen LogP contribution is 2.43. The molecule has 1 heterocycles. The number of carbonyl (C=O) groups excluding carboxylic acids is 1. The van der Waals surface area contributed by atoms with Crippen LogP contribution in [0.5, 0.6) is 0 Å². The molecule has 1 amide bonds. The van der Waals surface area contributed by atoms with Crippen molar-refractivity contribution in [3.8, 4) is 0 Å². The van der Waals surface area contributed by atoms with E-state index in [0.717, 1.165) is 35.3 Å². The number of fused-ring (bicyclic) bond motifs is 1. The number of sulfone groups is 1. The van der Waals surface area contributed by atoms with Crippen LogP contribution in [0.4, 0.5) is 5.00 Å². The van der Waals surface area contributed by atoms with E-state index in [4.69, 9.17) is 11.6 Å². The first-order valence-corrected chi connectivity index (χ1v) is 12.1. The Balaban J connectivity index is 1.81. The number of carbonyl (C=O) groups is 1. The van der Waals surface area contributed by atoms with Crippen LogP contribution in [-0.4, -0.2) is 14.3 Å². The maximum Gasteiger partial charge on any atom is 0.257 e. The van der Waals surface area contributed by atoms with Crippen LogP contribution in [0.1, 0.15) is 39.2 Å². The summed E-state index contributed by atoms with van der Waals surface area (Å²) in [6, 6.07) is 13.6. The maximum absolute atomic E-state index is 13.5. The van der Waals surface area contributed by atoms with E-state index < -0.39 is 15.7 Å². The van der Waals surface area contributed by atoms with Crippen molar-refractivity contribution in [3.05, 3.63) is 75.1 Å². The molecule has 0 unspecified atom stereocenters. The number of amides is 1. The van der Waals surface area contributed by atoms with Gasteiger partial charge in [-0.15, -0.1) is 11.3 Å². The van der Waals surface area contributed by atoms with Gasteiger partial charge in [-0.1, -0.05) is 41.4 Å². The van der Waals surface area contributed by atoms with Gasteiger partial charge in [0.25, 0.3) is 5.91 Å². The van der Waals surface area contributed by atoms with Gasteiger partial charge in [-0.2, -0.15) is 0 Å². The van der Waals surface area contributed by atoms with Crippen LogP contribution in [0.2, 0.25) is 5.02 Å². The van der Waals surface area contributed by atoms with Crippen molar-refractivity contribution in [2.45, 2.75) is 42.4 Å². The first-order valence-electron chi connectivity index (χ1n) is 9.40. The largest absolute Gasteiger partial charge is 0.312 e. The molecule has 4 rings (SSSR count). The third-order valence-corrected chi connectivity index (χ3v) is 8.62. The van der Waals surface area contributed by atoms with Gasteiger partial charge in [-0.3, -0.25) is 4.79 Å². The minimum Gasteiger partial charge on any atom is -0.312 e. The summed E-state index contributed by atoms with van der Waals surface area (Å²) in [7, 11) is -3.76. The molecule has 0 fully saturated rings. The second kappa shape index (κ2) is 7.94. The Labute approximate surface area is 179 Å². The number of halogens is 1. The molecule has 7 heteroatoms. The number of nitrogens with one attached hydrogen (secondary N) is 1. The summed E-state index contributed by atoms with van der Waals surface area (Å²) in [6.07, 6.45) is 3.50. The SMILES string of the molecule is Cc1ccc(S(=O)(=O)c2c(NC(=O)c3ccccc3Cl)sc3c2CCCC3)cc1. The van der Waals surface area contributed by atoms with Crippen molar-refractivity contribution < 1.29 is 13.2 Å². The van der Waals surface area contributed by atoms with Crippen molar-refractivity contribution >= 4 is 43.7 Å². The third-order valence-electron chi connectivity index (χ3n) is 5.07. The highest BCUT2D eigenvalue weighted by atomic mass is 35.5. The minimum atomic E-state index is -3.76. The molecule has 4 nitrogen and oxygen atoms in total. The van der Waals surface area contributed by atoms with Gasteiger partial charge in [0.15, 0.2) is 0 Å². The van der Waals surface area contributed by atoms with Crippen LogP contribution >= 0.6 is 22.9 Å². The lowest BCUT2D eigenvalue weighted by Gasteiger charge is -2.14. The zero-order valence-electron chi connectivity index (χ0n) is 15.9. The lowest BCUT2D eigenvalue weighted by Crippen LogP contribution is -2.15. The highest BCUT2D eigenvalue weighted by molar-refractivity contribution is 7.92. The predicted molar refractivity (Wildman–Crippen MR) is 117 cm³/mol. The maximum atomic E-state index is 13.5. The van der Waals surface area contributed by atoms with Crippen molar-refractivity contribution in [1.82, 2.24) is 0 Å². The Hall–Kier alpha value is -2.15. The first-order chi connectivity index (χ1) is 13.9. The standard InChI is InChI=1S/C22H20ClNO3S2/c1-14-10-12-15(13-11-14)29(26,27)20-17-7-3-5-9-19(17)28-22(20)24-21(25)16-6-2-4-8-18(16)23/h2,4,6,8,10-13H,3,5,7,9H2,1H3,(H,24,25). The lowest BCUT2D eigenvalue weighted by atomic mass is 9.99. The number of rotatable bonds is 4. The van der Waals surface area contributed by atoms with E-state index in [1.165, 1.54) is 11.3 Å². The molecule has 1 aliphatic rings. The number of hydrogen-bond acceptors (Lipinski definition) is 4. The van der Waals surface area contributed by atoms with Crippen LogP contribution < -0.4 is 5.32 Å². The summed E-state index contributed by atoms with van der Waals surface area (Å²) < 4.78 is 27.0. The smallest absolute Gasteiger partial charge is 0.257 e. The van der Waals surface area contributed by atoms with E-state index in [1.807, 2.05) is 6.92 Å². The number of aryl methyl sites for hydroxylation is 2. The van der Waals surface area contributed by atoms with Crippen LogP contribution in [0.25, 0.3) is 0 Å². The molecule has 1 N–H and O–H groups in total. The van der Waals surface area contributed by atoms with E-state index >= 15 is 0 Å². The predicted octanol–water partition coefficient (Wildman–Crippen LogP) is 5.67. The molecule has 29 heavy (non-hydrogen) atoms. The molecule has 0 bridgehead atoms. The normalized spacial score (nSPS) is 13.7. The Kier molecular flexibility index (Phi) is 5.51. The Morgan fingerprint density at radius 3 is 2.45 bits per heavy atom. The van der Waals surface area contributed by atoms with Crippen molar-refractivity contribution in [3.63, 3.8) is 0 Å². The van der Waals surface area contributed by atoms with Crippen LogP contribution in [0, 0.1) is 6.92 Å². The quantitative estimate of drug-likeness (QED) is 0.562. The average Bonchev–Trinajstić information content (AvgIpc) is 3.07. The van der Waals surface area contributed by atoms with Crippen molar-refractivity contribution in [2.75, 3.05) is 5.32 Å². The molecule has 1 aliphatic carbocycles. The van der Waals surface area contributed by atoms with Crippen LogP contribution in [0.3, 0.4) is 0 Å². The zero-order valence-corrected chi connectivity index (χ0v) is 18.3. The summed E-state index contributed by atoms with van der Waals surface area (Å²) in [4.78, 5) is 14.3. The van der Waals surface area contributed by atoms with Gasteiger partial charge in [0.2, 0.25) is 9.84 Å². The van der Waals surface area contributed by atoms with Gasteiger partial charge < -0.3 is 5.32 Å². The first kappa shape index (κ1) is 20.1. The fourth-order valence-corrected chi connectivity index (χ4v) is 7.05. The van der Waals surface area contributed by atoms with E-state index in [0.29, 0.717) is 22.0 Å². The molecule has 3 aromatic rings. The molecule has 0 saturated heterocycles. The summed E-state index contributed by atoms with van der Waals surface area (Å²) in [5.74, 6) is -0.408. The average molecular weight is 446 g/mol. The Bertz CT molecular complexity index is 1180. The summed E-state index contributed by atoms with van der Waals surface area (Å²) in [5.41, 5.74) is 2.15. The van der Waals surface area contributed by atoms with Gasteiger partial charge in [-0.25, -0.2) is 8.42 Å². The van der Waals surface area contributed by atoms with Gasteiger partial charge in [0.05, 0.1) is 15.5 Å². The lowest BCUT2D eigenvalue weighted by molar-refractivity contribution is 0.102. The second-order valence-corrected chi connectivity index (χ2v) is 10.5. The fraction of sp³-hybridized carbons (Fsp3) is 0.227. The van der Waals surface area contributed by atoms with Crippen molar-refractivity contribution in [1.29, 1.82) is 0 Å². The molecular weight excluding hydrogens is 426 g/mol. The summed E-state index contributed by atoms with van der Waals surface area (Å²) in [5, 5.41) is 3.53. The molecule has 150 valence electrons. The molecule has 2 aromatic carbocycles. The molecule has 0 aliphatic heterocycles. The van der Waals surface area contributed by atoms with Crippen LogP contribution in [0.15, 0.2) is 58.3 Å². The number of anilines is 1. The van der Waals surface area contributed by atoms with E-state index in [1.54, 1.807) is 48.5 Å². The monoisotopic (exact) mass is 445 g/mol. The third kappa shape index (κ3) is 3.84. The molecule has 0 atom stereocenters. The molecule has 0 saturated carbocycles. The van der Waals surface area contributed by atoms with Gasteiger partial charge >= 0.3 is 0 Å². The van der Waals surface area contributed by atoms with Gasteiger partial charge in [0, 0.05) is 4.88 Å². The fourth-order valence-electron chi connectivity index (χ4n) is 3.55. The minimum absolute atomic E-state index is 0.237. The Morgan fingerprint density at radius 2 is 1.72 bits per heavy atom. The molecule has 0 radical (unpaired) electrons. The van der Waals surface area contributed by atoms with Gasteiger partial charge in [0.1, 0.15) is 9.90 Å². The molecular formula is C22H20ClNO3S2. The number of hydrogen-bond donors (Lipinski definition) is 1. The zero-order chi connectivity index (χ0) is 20.6. The Morgan fingerprint density at radius 1 is 1.03 bits per heavy atom. The highest BCUT2D eigenvalue weighted by Gasteiger charge is 2.32. The topological polar surface area (TPSA) is 63.2 Å². The second-order valence-electron chi connectivity index (χ2n) is 7.12. The summed E-state index contributed by atoms with van der Waals surface area (Å²) in [6.45, 7) is 1.91. The van der Waals surface area contributed by atoms with E-state index in [2.05, 4.69) is 5.32 Å². The van der Waals surface area contributed by atoms with Gasteiger partial charge in [-0.05, 0) is 62.4 Å². The van der Waals surface area contributed by atoms with E-state index in [-0.39, 0.29) is 9.79 Å². The van der Waals surface area contributed by atoms with Crippen LogP contribution in [-0.2, 0) is 22.7 Å². The number of benzene rings is 2. The molecule has 1 aromatic heterocycles. The number of thiophene rings is 1.